The third kappa shape index (κ3) is 2.88. The van der Waals surface area contributed by atoms with E-state index in [0.29, 0.717) is 6.07 Å². The number of carbonyl (C=O) groups is 1. The topological polar surface area (TPSA) is 37.3 Å². The zero-order valence-corrected chi connectivity index (χ0v) is 8.77. The van der Waals surface area contributed by atoms with Crippen LogP contribution in [0.1, 0.15) is 22.3 Å². The molecule has 0 unspecified atom stereocenters. The third-order valence-corrected chi connectivity index (χ3v) is 2.13. The molecule has 0 aliphatic heterocycles. The number of ketones is 1. The molecule has 6 heteroatoms. The number of phenolic OH excluding ortho intramolecular Hbond substituents is 1. The van der Waals surface area contributed by atoms with Gasteiger partial charge in [-0.1, -0.05) is 0 Å². The summed E-state index contributed by atoms with van der Waals surface area (Å²) in [5.74, 6) is -1.34. The third-order valence-electron chi connectivity index (χ3n) is 1.95. The van der Waals surface area contributed by atoms with Gasteiger partial charge in [-0.05, 0) is 18.2 Å². The van der Waals surface area contributed by atoms with E-state index >= 15 is 0 Å². The molecule has 1 aromatic carbocycles. The number of phenols is 1. The van der Waals surface area contributed by atoms with Crippen molar-refractivity contribution < 1.29 is 23.1 Å². The van der Waals surface area contributed by atoms with E-state index in [2.05, 4.69) is 0 Å². The van der Waals surface area contributed by atoms with Gasteiger partial charge in [0.05, 0.1) is 5.56 Å². The highest BCUT2D eigenvalue weighted by Crippen LogP contribution is 2.36. The first-order chi connectivity index (χ1) is 7.36. The monoisotopic (exact) mass is 252 g/mol. The van der Waals surface area contributed by atoms with E-state index in [1.165, 1.54) is 0 Å². The molecule has 0 saturated carbocycles. The molecule has 0 aliphatic carbocycles. The van der Waals surface area contributed by atoms with Crippen molar-refractivity contribution in [2.75, 3.05) is 5.88 Å². The lowest BCUT2D eigenvalue weighted by atomic mass is 10.0. The number of aromatic hydroxyl groups is 1. The molecule has 0 amide bonds. The van der Waals surface area contributed by atoms with Crippen LogP contribution in [0.4, 0.5) is 13.2 Å². The first kappa shape index (κ1) is 12.8. The van der Waals surface area contributed by atoms with Crippen molar-refractivity contribution in [2.24, 2.45) is 0 Å². The van der Waals surface area contributed by atoms with E-state index in [4.69, 9.17) is 16.7 Å². The largest absolute Gasteiger partial charge is 0.507 e. The van der Waals surface area contributed by atoms with Gasteiger partial charge in [0.25, 0.3) is 0 Å². The predicted octanol–water partition coefficient (Wildman–Crippen LogP) is 3.22. The normalized spacial score (nSPS) is 11.5. The van der Waals surface area contributed by atoms with Crippen LogP contribution >= 0.6 is 11.6 Å². The van der Waals surface area contributed by atoms with Gasteiger partial charge < -0.3 is 5.11 Å². The van der Waals surface area contributed by atoms with Gasteiger partial charge in [0.2, 0.25) is 0 Å². The highest BCUT2D eigenvalue weighted by Gasteiger charge is 2.34. The summed E-state index contributed by atoms with van der Waals surface area (Å²) < 4.78 is 37.1. The summed E-state index contributed by atoms with van der Waals surface area (Å²) in [7, 11) is 0. The molecule has 0 radical (unpaired) electrons. The number of Topliss-reactive ketones (excluding diaryl/α,β-unsaturated/α-hetero) is 1. The van der Waals surface area contributed by atoms with Gasteiger partial charge in [-0.2, -0.15) is 13.2 Å². The fraction of sp³-hybridized carbons (Fsp3) is 0.300. The lowest BCUT2D eigenvalue weighted by Gasteiger charge is -2.10. The Morgan fingerprint density at radius 3 is 2.50 bits per heavy atom. The zero-order chi connectivity index (χ0) is 12.3. The van der Waals surface area contributed by atoms with Crippen molar-refractivity contribution in [1.82, 2.24) is 0 Å². The molecule has 0 atom stereocenters. The van der Waals surface area contributed by atoms with E-state index in [9.17, 15) is 18.0 Å². The van der Waals surface area contributed by atoms with E-state index in [1.54, 1.807) is 0 Å². The average molecular weight is 253 g/mol. The van der Waals surface area contributed by atoms with Gasteiger partial charge in [0, 0.05) is 17.9 Å². The van der Waals surface area contributed by atoms with Crippen molar-refractivity contribution in [3.05, 3.63) is 29.3 Å². The molecular weight excluding hydrogens is 245 g/mol. The van der Waals surface area contributed by atoms with Crippen LogP contribution in [0.5, 0.6) is 5.75 Å². The van der Waals surface area contributed by atoms with Crippen molar-refractivity contribution in [1.29, 1.82) is 0 Å². The molecule has 16 heavy (non-hydrogen) atoms. The maximum Gasteiger partial charge on any atom is 0.419 e. The first-order valence-corrected chi connectivity index (χ1v) is 4.89. The van der Waals surface area contributed by atoms with Crippen LogP contribution in [0.25, 0.3) is 0 Å². The number of benzene rings is 1. The summed E-state index contributed by atoms with van der Waals surface area (Å²) >= 11 is 5.31. The summed E-state index contributed by atoms with van der Waals surface area (Å²) in [5, 5.41) is 9.02. The molecule has 1 aromatic rings. The van der Waals surface area contributed by atoms with Crippen molar-refractivity contribution in [2.45, 2.75) is 12.6 Å². The van der Waals surface area contributed by atoms with Crippen LogP contribution in [0.2, 0.25) is 0 Å². The number of rotatable bonds is 3. The molecule has 0 saturated heterocycles. The Balaban J connectivity index is 3.13. The molecule has 0 aromatic heterocycles. The number of hydrogen-bond donors (Lipinski definition) is 1. The van der Waals surface area contributed by atoms with Gasteiger partial charge in [-0.25, -0.2) is 0 Å². The quantitative estimate of drug-likeness (QED) is 0.662. The number of alkyl halides is 4. The minimum atomic E-state index is -4.68. The second-order valence-corrected chi connectivity index (χ2v) is 3.47. The molecule has 88 valence electrons. The lowest BCUT2D eigenvalue weighted by Crippen LogP contribution is -2.08. The molecule has 0 spiro atoms. The van der Waals surface area contributed by atoms with Crippen molar-refractivity contribution in [3.8, 4) is 5.75 Å². The predicted molar refractivity (Wildman–Crippen MR) is 52.8 cm³/mol. The van der Waals surface area contributed by atoms with Crippen LogP contribution in [-0.2, 0) is 6.18 Å². The smallest absolute Gasteiger partial charge is 0.419 e. The molecule has 2 nitrogen and oxygen atoms in total. The Hall–Kier alpha value is -1.23. The minimum Gasteiger partial charge on any atom is -0.507 e. The van der Waals surface area contributed by atoms with Gasteiger partial charge in [-0.15, -0.1) is 11.6 Å². The Morgan fingerprint density at radius 1 is 1.38 bits per heavy atom. The average Bonchev–Trinajstić information content (AvgIpc) is 2.16. The van der Waals surface area contributed by atoms with Gasteiger partial charge in [-0.3, -0.25) is 4.79 Å². The van der Waals surface area contributed by atoms with Crippen molar-refractivity contribution >= 4 is 17.4 Å². The summed E-state index contributed by atoms with van der Waals surface area (Å²) in [4.78, 5) is 11.3. The molecule has 0 fully saturated rings. The number of hydrogen-bond acceptors (Lipinski definition) is 2. The Morgan fingerprint density at radius 2 is 2.00 bits per heavy atom. The highest BCUT2D eigenvalue weighted by atomic mass is 35.5. The maximum atomic E-state index is 12.4. The van der Waals surface area contributed by atoms with Gasteiger partial charge >= 0.3 is 6.18 Å². The second-order valence-electron chi connectivity index (χ2n) is 3.09. The molecule has 0 heterocycles. The van der Waals surface area contributed by atoms with Gasteiger partial charge in [0.1, 0.15) is 5.75 Å². The maximum absolute atomic E-state index is 12.4. The SMILES string of the molecule is O=C(CCCl)c1ccc(O)c(C(F)(F)F)c1. The Labute approximate surface area is 94.6 Å². The van der Waals surface area contributed by atoms with E-state index in [1.807, 2.05) is 0 Å². The van der Waals surface area contributed by atoms with Crippen LogP contribution in [0.15, 0.2) is 18.2 Å². The molecule has 0 aliphatic rings. The highest BCUT2D eigenvalue weighted by molar-refractivity contribution is 6.19. The minimum absolute atomic E-state index is 0.0381. The van der Waals surface area contributed by atoms with E-state index in [-0.39, 0.29) is 17.9 Å². The van der Waals surface area contributed by atoms with Crippen LogP contribution < -0.4 is 0 Å². The van der Waals surface area contributed by atoms with Crippen LogP contribution in [0.3, 0.4) is 0 Å². The Kier molecular flexibility index (Phi) is 3.80. The summed E-state index contributed by atoms with van der Waals surface area (Å²) in [5.41, 5.74) is -1.32. The van der Waals surface area contributed by atoms with Crippen LogP contribution in [-0.4, -0.2) is 16.8 Å². The van der Waals surface area contributed by atoms with Gasteiger partial charge in [0.15, 0.2) is 5.78 Å². The fourth-order valence-electron chi connectivity index (χ4n) is 1.17. The standard InChI is InChI=1S/C10H8ClF3O2/c11-4-3-8(15)6-1-2-9(16)7(5-6)10(12,13)14/h1-2,5,16H,3-4H2. The van der Waals surface area contributed by atoms with E-state index < -0.39 is 23.3 Å². The van der Waals surface area contributed by atoms with Crippen molar-refractivity contribution in [3.63, 3.8) is 0 Å². The summed E-state index contributed by atoms with van der Waals surface area (Å²) in [6, 6.07) is 2.62. The molecule has 0 bridgehead atoms. The number of carbonyl (C=O) groups excluding carboxylic acids is 1. The summed E-state index contributed by atoms with van der Waals surface area (Å²) in [6.45, 7) is 0. The zero-order valence-electron chi connectivity index (χ0n) is 8.01. The molecular formula is C10H8ClF3O2. The molecule has 1 rings (SSSR count). The fourth-order valence-corrected chi connectivity index (χ4v) is 1.34. The lowest BCUT2D eigenvalue weighted by molar-refractivity contribution is -0.138. The van der Waals surface area contributed by atoms with E-state index in [0.717, 1.165) is 12.1 Å². The van der Waals surface area contributed by atoms with Crippen LogP contribution in [0, 0.1) is 0 Å². The second kappa shape index (κ2) is 4.74. The Bertz CT molecular complexity index is 402. The number of halogens is 4. The molecule has 1 N–H and O–H groups in total. The summed E-state index contributed by atoms with van der Waals surface area (Å²) in [6.07, 6.45) is -4.72. The first-order valence-electron chi connectivity index (χ1n) is 4.35.